The highest BCUT2D eigenvalue weighted by Crippen LogP contribution is 2.40. The molecule has 0 N–H and O–H groups in total. The molecule has 2 amide bonds. The van der Waals surface area contributed by atoms with Gasteiger partial charge in [0.2, 0.25) is 0 Å². The Labute approximate surface area is 157 Å². The lowest BCUT2D eigenvalue weighted by molar-refractivity contribution is -0.138. The molecule has 0 spiro atoms. The second-order valence-corrected chi connectivity index (χ2v) is 7.23. The van der Waals surface area contributed by atoms with Crippen LogP contribution < -0.4 is 4.74 Å². The molecule has 26 heavy (non-hydrogen) atoms. The number of hydrogen-bond acceptors (Lipinski definition) is 4. The smallest absolute Gasteiger partial charge is 0.268 e. The van der Waals surface area contributed by atoms with Gasteiger partial charge in [0.05, 0.1) is 17.1 Å². The van der Waals surface area contributed by atoms with E-state index < -0.39 is 0 Å². The van der Waals surface area contributed by atoms with E-state index >= 15 is 0 Å². The minimum Gasteiger partial charge on any atom is -0.494 e. The molecule has 3 rings (SSSR count). The standard InChI is InChI=1S/C21H21NO3S/c1-4-25-16-12-10-15(11-13-16)18-19(26-17-8-6-5-7-9-17)21(24)22(14(2)3)20(18)23/h5-14H,4H2,1-3H3. The molecule has 2 aromatic carbocycles. The van der Waals surface area contributed by atoms with Gasteiger partial charge in [0.15, 0.2) is 0 Å². The third-order valence-corrected chi connectivity index (χ3v) is 5.10. The van der Waals surface area contributed by atoms with Gasteiger partial charge in [-0.25, -0.2) is 0 Å². The zero-order chi connectivity index (χ0) is 18.7. The van der Waals surface area contributed by atoms with E-state index in [0.29, 0.717) is 17.1 Å². The predicted octanol–water partition coefficient (Wildman–Crippen LogP) is 4.37. The molecule has 1 aliphatic rings. The Hall–Kier alpha value is -2.53. The zero-order valence-corrected chi connectivity index (χ0v) is 15.9. The lowest BCUT2D eigenvalue weighted by atomic mass is 10.1. The summed E-state index contributed by atoms with van der Waals surface area (Å²) < 4.78 is 5.47. The molecule has 0 aromatic heterocycles. The van der Waals surface area contributed by atoms with Crippen LogP contribution in [0.2, 0.25) is 0 Å². The molecule has 0 atom stereocenters. The molecule has 0 fully saturated rings. The highest BCUT2D eigenvalue weighted by molar-refractivity contribution is 8.04. The molecule has 0 aliphatic carbocycles. The number of amides is 2. The second kappa shape index (κ2) is 7.79. The Kier molecular flexibility index (Phi) is 5.47. The van der Waals surface area contributed by atoms with Crippen molar-refractivity contribution in [3.05, 3.63) is 65.1 Å². The van der Waals surface area contributed by atoms with Crippen LogP contribution in [-0.4, -0.2) is 29.4 Å². The second-order valence-electron chi connectivity index (χ2n) is 6.15. The van der Waals surface area contributed by atoms with E-state index in [9.17, 15) is 9.59 Å². The molecular weight excluding hydrogens is 346 g/mol. The van der Waals surface area contributed by atoms with E-state index in [4.69, 9.17) is 4.74 Å². The Morgan fingerprint density at radius 1 is 0.962 bits per heavy atom. The van der Waals surface area contributed by atoms with Crippen molar-refractivity contribution < 1.29 is 14.3 Å². The maximum Gasteiger partial charge on any atom is 0.268 e. The van der Waals surface area contributed by atoms with Crippen molar-refractivity contribution in [2.75, 3.05) is 6.61 Å². The van der Waals surface area contributed by atoms with Gasteiger partial charge in [-0.15, -0.1) is 0 Å². The maximum atomic E-state index is 13.0. The number of carbonyl (C=O) groups excluding carboxylic acids is 2. The van der Waals surface area contributed by atoms with E-state index in [1.807, 2.05) is 75.4 Å². The average molecular weight is 367 g/mol. The van der Waals surface area contributed by atoms with Crippen molar-refractivity contribution in [1.29, 1.82) is 0 Å². The van der Waals surface area contributed by atoms with Gasteiger partial charge in [-0.1, -0.05) is 42.1 Å². The molecule has 2 aromatic rings. The first-order valence-electron chi connectivity index (χ1n) is 8.61. The van der Waals surface area contributed by atoms with Crippen molar-refractivity contribution in [2.45, 2.75) is 31.7 Å². The molecule has 0 radical (unpaired) electrons. The topological polar surface area (TPSA) is 46.6 Å². The van der Waals surface area contributed by atoms with Crippen molar-refractivity contribution in [3.63, 3.8) is 0 Å². The van der Waals surface area contributed by atoms with E-state index in [1.54, 1.807) is 0 Å². The molecule has 0 bridgehead atoms. The summed E-state index contributed by atoms with van der Waals surface area (Å²) in [6, 6.07) is 16.8. The first kappa shape index (κ1) is 18.3. The fourth-order valence-electron chi connectivity index (χ4n) is 2.84. The Bertz CT molecular complexity index is 841. The van der Waals surface area contributed by atoms with Gasteiger partial charge in [0.1, 0.15) is 5.75 Å². The first-order chi connectivity index (χ1) is 12.5. The van der Waals surface area contributed by atoms with Crippen molar-refractivity contribution >= 4 is 29.1 Å². The minimum atomic E-state index is -0.243. The monoisotopic (exact) mass is 367 g/mol. The van der Waals surface area contributed by atoms with Gasteiger partial charge in [0.25, 0.3) is 11.8 Å². The predicted molar refractivity (Wildman–Crippen MR) is 104 cm³/mol. The third kappa shape index (κ3) is 3.53. The maximum absolute atomic E-state index is 13.0. The number of carbonyl (C=O) groups is 2. The van der Waals surface area contributed by atoms with Crippen LogP contribution in [0.1, 0.15) is 26.3 Å². The number of nitrogens with zero attached hydrogens (tertiary/aromatic N) is 1. The van der Waals surface area contributed by atoms with E-state index in [1.165, 1.54) is 16.7 Å². The fraction of sp³-hybridized carbons (Fsp3) is 0.238. The molecule has 1 heterocycles. The van der Waals surface area contributed by atoms with Crippen LogP contribution in [0, 0.1) is 0 Å². The Morgan fingerprint density at radius 3 is 2.19 bits per heavy atom. The lowest BCUT2D eigenvalue weighted by Gasteiger charge is -2.19. The summed E-state index contributed by atoms with van der Waals surface area (Å²) >= 11 is 1.34. The summed E-state index contributed by atoms with van der Waals surface area (Å²) in [5.41, 5.74) is 1.19. The largest absolute Gasteiger partial charge is 0.494 e. The Balaban J connectivity index is 2.04. The van der Waals surface area contributed by atoms with Crippen LogP contribution in [0.4, 0.5) is 0 Å². The third-order valence-electron chi connectivity index (χ3n) is 4.01. The van der Waals surface area contributed by atoms with Crippen LogP contribution in [0.3, 0.4) is 0 Å². The number of benzene rings is 2. The number of ether oxygens (including phenoxy) is 1. The van der Waals surface area contributed by atoms with Gasteiger partial charge in [-0.2, -0.15) is 0 Å². The van der Waals surface area contributed by atoms with Gasteiger partial charge in [0, 0.05) is 10.9 Å². The molecule has 0 unspecified atom stereocenters. The summed E-state index contributed by atoms with van der Waals surface area (Å²) in [5, 5.41) is 0. The number of thioether (sulfide) groups is 1. The summed E-state index contributed by atoms with van der Waals surface area (Å²) in [5.74, 6) is 0.266. The van der Waals surface area contributed by atoms with Gasteiger partial charge < -0.3 is 4.74 Å². The van der Waals surface area contributed by atoms with Crippen molar-refractivity contribution in [3.8, 4) is 5.75 Å². The summed E-state index contributed by atoms with van der Waals surface area (Å²) in [6.07, 6.45) is 0. The molecule has 1 aliphatic heterocycles. The van der Waals surface area contributed by atoms with Crippen LogP contribution in [0.15, 0.2) is 64.4 Å². The number of hydrogen-bond donors (Lipinski definition) is 0. The summed E-state index contributed by atoms with van der Waals surface area (Å²) in [7, 11) is 0. The molecule has 4 nitrogen and oxygen atoms in total. The van der Waals surface area contributed by atoms with Gasteiger partial charge >= 0.3 is 0 Å². The molecule has 0 saturated heterocycles. The molecule has 0 saturated carbocycles. The average Bonchev–Trinajstić information content (AvgIpc) is 2.87. The van der Waals surface area contributed by atoms with E-state index in [0.717, 1.165) is 16.2 Å². The summed E-state index contributed by atoms with van der Waals surface area (Å²) in [4.78, 5) is 28.6. The number of imide groups is 1. The highest BCUT2D eigenvalue weighted by atomic mass is 32.2. The minimum absolute atomic E-state index is 0.193. The quantitative estimate of drug-likeness (QED) is 0.712. The van der Waals surface area contributed by atoms with E-state index in [-0.39, 0.29) is 17.9 Å². The van der Waals surface area contributed by atoms with Crippen LogP contribution in [-0.2, 0) is 9.59 Å². The lowest BCUT2D eigenvalue weighted by Crippen LogP contribution is -2.37. The molecular formula is C21H21NO3S. The number of rotatable bonds is 6. The zero-order valence-electron chi connectivity index (χ0n) is 15.1. The van der Waals surface area contributed by atoms with Crippen LogP contribution >= 0.6 is 11.8 Å². The molecule has 134 valence electrons. The normalized spacial score (nSPS) is 14.5. The SMILES string of the molecule is CCOc1ccc(C2=C(Sc3ccccc3)C(=O)N(C(C)C)C2=O)cc1. The highest BCUT2D eigenvalue weighted by Gasteiger charge is 2.40. The first-order valence-corrected chi connectivity index (χ1v) is 9.43. The van der Waals surface area contributed by atoms with Crippen molar-refractivity contribution in [2.24, 2.45) is 0 Å². The van der Waals surface area contributed by atoms with Crippen LogP contribution in [0.5, 0.6) is 5.75 Å². The van der Waals surface area contributed by atoms with Gasteiger partial charge in [-0.3, -0.25) is 14.5 Å². The van der Waals surface area contributed by atoms with Crippen molar-refractivity contribution in [1.82, 2.24) is 4.90 Å². The molecule has 5 heteroatoms. The Morgan fingerprint density at radius 2 is 1.62 bits per heavy atom. The fourth-order valence-corrected chi connectivity index (χ4v) is 3.86. The summed E-state index contributed by atoms with van der Waals surface area (Å²) in [6.45, 7) is 6.20. The van der Waals surface area contributed by atoms with Gasteiger partial charge in [-0.05, 0) is 50.6 Å². The van der Waals surface area contributed by atoms with Crippen LogP contribution in [0.25, 0.3) is 5.57 Å². The van der Waals surface area contributed by atoms with E-state index in [2.05, 4.69) is 0 Å².